The molecule has 1 fully saturated rings. The number of guanidine groups is 1. The molecule has 0 bridgehead atoms. The van der Waals surface area contributed by atoms with E-state index in [9.17, 15) is 0 Å². The van der Waals surface area contributed by atoms with Crippen LogP contribution in [0.15, 0.2) is 58.1 Å². The van der Waals surface area contributed by atoms with Crippen molar-refractivity contribution in [1.82, 2.24) is 15.6 Å². The topological polar surface area (TPSA) is 80.9 Å². The Morgan fingerprint density at radius 2 is 1.94 bits per heavy atom. The number of benzene rings is 2. The van der Waals surface area contributed by atoms with Crippen LogP contribution < -0.4 is 15.4 Å². The number of hydrogen-bond donors (Lipinski definition) is 2. The van der Waals surface area contributed by atoms with E-state index in [2.05, 4.69) is 59.8 Å². The van der Waals surface area contributed by atoms with Gasteiger partial charge in [0, 0.05) is 24.1 Å². The molecule has 2 N–H and O–H groups in total. The van der Waals surface area contributed by atoms with E-state index >= 15 is 0 Å². The first-order chi connectivity index (χ1) is 16.1. The van der Waals surface area contributed by atoms with Gasteiger partial charge in [0.05, 0.1) is 32.0 Å². The molecule has 1 saturated heterocycles. The number of hydrogen-bond acceptors (Lipinski definition) is 5. The summed E-state index contributed by atoms with van der Waals surface area (Å²) >= 11 is 0. The van der Waals surface area contributed by atoms with E-state index in [1.165, 1.54) is 5.56 Å². The largest absolute Gasteiger partial charge is 0.488 e. The van der Waals surface area contributed by atoms with E-state index in [0.29, 0.717) is 31.5 Å². The summed E-state index contributed by atoms with van der Waals surface area (Å²) in [6, 6.07) is 14.4. The Hall–Kier alpha value is -3.32. The number of aliphatic imine (C=N–C) groups is 1. The molecule has 2 heterocycles. The lowest BCUT2D eigenvalue weighted by Gasteiger charge is -2.16. The SMILES string of the molecule is CCNC(=NCc1ccc(C)cc1OC1CCOC1)NCc1coc(-c2ccc(C)cc2)n1. The zero-order valence-electron chi connectivity index (χ0n) is 19.6. The number of oxazole rings is 1. The second-order valence-corrected chi connectivity index (χ2v) is 8.27. The highest BCUT2D eigenvalue weighted by molar-refractivity contribution is 5.79. The molecule has 174 valence electrons. The average molecular weight is 449 g/mol. The van der Waals surface area contributed by atoms with Crippen LogP contribution >= 0.6 is 0 Å². The smallest absolute Gasteiger partial charge is 0.226 e. The van der Waals surface area contributed by atoms with Crippen molar-refractivity contribution >= 4 is 5.96 Å². The van der Waals surface area contributed by atoms with E-state index in [-0.39, 0.29) is 6.10 Å². The fourth-order valence-electron chi connectivity index (χ4n) is 3.58. The van der Waals surface area contributed by atoms with Crippen LogP contribution in [0.3, 0.4) is 0 Å². The van der Waals surface area contributed by atoms with Gasteiger partial charge >= 0.3 is 0 Å². The first kappa shape index (κ1) is 22.9. The molecule has 0 amide bonds. The van der Waals surface area contributed by atoms with Crippen LogP contribution in [0.1, 0.15) is 35.7 Å². The highest BCUT2D eigenvalue weighted by atomic mass is 16.5. The number of ether oxygens (including phenoxy) is 2. The van der Waals surface area contributed by atoms with Crippen LogP contribution in [0.25, 0.3) is 11.5 Å². The quantitative estimate of drug-likeness (QED) is 0.393. The van der Waals surface area contributed by atoms with Crippen LogP contribution in [0, 0.1) is 13.8 Å². The van der Waals surface area contributed by atoms with Gasteiger partial charge in [-0.15, -0.1) is 0 Å². The fraction of sp³-hybridized carbons (Fsp3) is 0.385. The molecule has 7 nitrogen and oxygen atoms in total. The number of aromatic nitrogens is 1. The number of rotatable bonds is 8. The zero-order chi connectivity index (χ0) is 23.0. The van der Waals surface area contributed by atoms with Crippen molar-refractivity contribution in [2.24, 2.45) is 4.99 Å². The van der Waals surface area contributed by atoms with Crippen molar-refractivity contribution in [2.45, 2.75) is 46.4 Å². The molecule has 1 aliphatic rings. The summed E-state index contributed by atoms with van der Waals surface area (Å²) in [5.74, 6) is 2.21. The van der Waals surface area contributed by atoms with Crippen LogP contribution in [0.5, 0.6) is 5.75 Å². The first-order valence-electron chi connectivity index (χ1n) is 11.5. The summed E-state index contributed by atoms with van der Waals surface area (Å²) < 4.78 is 17.3. The molecule has 3 aromatic rings. The van der Waals surface area contributed by atoms with Gasteiger partial charge in [0.2, 0.25) is 5.89 Å². The van der Waals surface area contributed by atoms with Gasteiger partial charge in [0.25, 0.3) is 0 Å². The normalized spacial score (nSPS) is 16.1. The van der Waals surface area contributed by atoms with Gasteiger partial charge in [-0.05, 0) is 44.5 Å². The van der Waals surface area contributed by atoms with Crippen molar-refractivity contribution in [2.75, 3.05) is 19.8 Å². The third kappa shape index (κ3) is 6.35. The Labute approximate surface area is 195 Å². The Bertz CT molecular complexity index is 1070. The number of nitrogens with one attached hydrogen (secondary N) is 2. The monoisotopic (exact) mass is 448 g/mol. The molecule has 1 atom stereocenters. The van der Waals surface area contributed by atoms with E-state index < -0.39 is 0 Å². The molecule has 7 heteroatoms. The summed E-state index contributed by atoms with van der Waals surface area (Å²) in [7, 11) is 0. The van der Waals surface area contributed by atoms with Crippen molar-refractivity contribution < 1.29 is 13.9 Å². The van der Waals surface area contributed by atoms with Gasteiger partial charge in [-0.2, -0.15) is 0 Å². The van der Waals surface area contributed by atoms with Gasteiger partial charge in [-0.1, -0.05) is 29.8 Å². The predicted octanol–water partition coefficient (Wildman–Crippen LogP) is 4.38. The summed E-state index contributed by atoms with van der Waals surface area (Å²) in [5, 5.41) is 6.63. The third-order valence-electron chi connectivity index (χ3n) is 5.44. The summed E-state index contributed by atoms with van der Waals surface area (Å²) in [5.41, 5.74) is 5.20. The zero-order valence-corrected chi connectivity index (χ0v) is 19.6. The lowest BCUT2D eigenvalue weighted by molar-refractivity contribution is 0.140. The van der Waals surface area contributed by atoms with Crippen LogP contribution in [-0.2, 0) is 17.8 Å². The Balaban J connectivity index is 1.40. The third-order valence-corrected chi connectivity index (χ3v) is 5.44. The first-order valence-corrected chi connectivity index (χ1v) is 11.5. The standard InChI is InChI=1S/C26H32N4O3/c1-4-27-26(29-15-22-16-32-25(30-22)20-8-5-18(2)6-9-20)28-14-21-10-7-19(3)13-24(21)33-23-11-12-31-17-23/h5-10,13,16,23H,4,11-12,14-15,17H2,1-3H3,(H2,27,28,29). The van der Waals surface area contributed by atoms with E-state index in [0.717, 1.165) is 47.7 Å². The van der Waals surface area contributed by atoms with E-state index in [1.807, 2.05) is 19.1 Å². The lowest BCUT2D eigenvalue weighted by Crippen LogP contribution is -2.36. The number of aryl methyl sites for hydroxylation is 2. The van der Waals surface area contributed by atoms with E-state index in [4.69, 9.17) is 18.9 Å². The van der Waals surface area contributed by atoms with Gasteiger partial charge in [-0.3, -0.25) is 0 Å². The van der Waals surface area contributed by atoms with Crippen molar-refractivity contribution in [1.29, 1.82) is 0 Å². The number of nitrogens with zero attached hydrogens (tertiary/aromatic N) is 2. The maximum Gasteiger partial charge on any atom is 0.226 e. The Kier molecular flexibility index (Phi) is 7.62. The molecular weight excluding hydrogens is 416 g/mol. The Morgan fingerprint density at radius 1 is 1.12 bits per heavy atom. The maximum absolute atomic E-state index is 6.20. The van der Waals surface area contributed by atoms with Gasteiger partial charge < -0.3 is 24.5 Å². The molecule has 1 aromatic heterocycles. The molecule has 0 aliphatic carbocycles. The van der Waals surface area contributed by atoms with Crippen molar-refractivity contribution in [3.05, 3.63) is 71.1 Å². The molecule has 0 saturated carbocycles. The molecular formula is C26H32N4O3. The maximum atomic E-state index is 6.20. The molecule has 33 heavy (non-hydrogen) atoms. The van der Waals surface area contributed by atoms with Gasteiger partial charge in [-0.25, -0.2) is 9.98 Å². The summed E-state index contributed by atoms with van der Waals surface area (Å²) in [4.78, 5) is 9.36. The minimum atomic E-state index is 0.107. The molecule has 0 spiro atoms. The highest BCUT2D eigenvalue weighted by Crippen LogP contribution is 2.24. The van der Waals surface area contributed by atoms with E-state index in [1.54, 1.807) is 6.26 Å². The molecule has 0 radical (unpaired) electrons. The second-order valence-electron chi connectivity index (χ2n) is 8.27. The fourth-order valence-corrected chi connectivity index (χ4v) is 3.58. The van der Waals surface area contributed by atoms with Gasteiger partial charge in [0.15, 0.2) is 5.96 Å². The molecule has 4 rings (SSSR count). The predicted molar refractivity (Wildman–Crippen MR) is 129 cm³/mol. The average Bonchev–Trinajstić information content (AvgIpc) is 3.49. The molecule has 1 aliphatic heterocycles. The van der Waals surface area contributed by atoms with Crippen LogP contribution in [-0.4, -0.2) is 36.8 Å². The Morgan fingerprint density at radius 3 is 2.70 bits per heavy atom. The van der Waals surface area contributed by atoms with Crippen LogP contribution in [0.4, 0.5) is 0 Å². The van der Waals surface area contributed by atoms with Crippen molar-refractivity contribution in [3.8, 4) is 17.2 Å². The van der Waals surface area contributed by atoms with Crippen molar-refractivity contribution in [3.63, 3.8) is 0 Å². The second kappa shape index (κ2) is 11.0. The summed E-state index contributed by atoms with van der Waals surface area (Å²) in [6.45, 7) is 9.35. The van der Waals surface area contributed by atoms with Crippen LogP contribution in [0.2, 0.25) is 0 Å². The minimum absolute atomic E-state index is 0.107. The highest BCUT2D eigenvalue weighted by Gasteiger charge is 2.18. The minimum Gasteiger partial charge on any atom is -0.488 e. The molecule has 1 unspecified atom stereocenters. The summed E-state index contributed by atoms with van der Waals surface area (Å²) in [6.07, 6.45) is 2.71. The molecule has 2 aromatic carbocycles. The van der Waals surface area contributed by atoms with Gasteiger partial charge in [0.1, 0.15) is 18.1 Å². The lowest BCUT2D eigenvalue weighted by atomic mass is 10.1.